The zero-order valence-electron chi connectivity index (χ0n) is 15.4. The van der Waals surface area contributed by atoms with Crippen LogP contribution in [0.25, 0.3) is 0 Å². The van der Waals surface area contributed by atoms with Crippen molar-refractivity contribution < 1.29 is 14.4 Å². The normalized spacial score (nSPS) is 9.96. The quantitative estimate of drug-likeness (QED) is 0.509. The van der Waals surface area contributed by atoms with Crippen LogP contribution >= 0.6 is 12.4 Å². The molecule has 0 unspecified atom stereocenters. The molecule has 0 bridgehead atoms. The number of hydrogen-bond acceptors (Lipinski definition) is 4. The molecule has 0 aliphatic carbocycles. The van der Waals surface area contributed by atoms with Crippen LogP contribution in [-0.4, -0.2) is 18.4 Å². The molecule has 3 N–H and O–H groups in total. The first kappa shape index (κ1) is 22.7. The van der Waals surface area contributed by atoms with Gasteiger partial charge < -0.3 is 10.6 Å². The first-order valence-corrected chi connectivity index (χ1v) is 8.97. The number of benzene rings is 2. The largest absolute Gasteiger partial charge is 0.341 e. The lowest BCUT2D eigenvalue weighted by Crippen LogP contribution is -2.29. The maximum atomic E-state index is 11.7. The molecule has 0 fully saturated rings. The molecule has 0 aliphatic heterocycles. The van der Waals surface area contributed by atoms with Gasteiger partial charge in [-0.15, -0.1) is 12.4 Å². The Labute approximate surface area is 166 Å². The summed E-state index contributed by atoms with van der Waals surface area (Å²) in [4.78, 5) is 27.5. The molecular weight excluding hydrogens is 364 g/mol. The van der Waals surface area contributed by atoms with Crippen LogP contribution in [0.15, 0.2) is 54.6 Å². The second-order valence-electron chi connectivity index (χ2n) is 6.22. The minimum atomic E-state index is -0.535. The van der Waals surface area contributed by atoms with Crippen LogP contribution in [0, 0.1) is 0 Å². The van der Waals surface area contributed by atoms with Gasteiger partial charge in [-0.3, -0.25) is 4.79 Å². The number of hydroxylamine groups is 1. The van der Waals surface area contributed by atoms with Crippen molar-refractivity contribution in [1.29, 1.82) is 0 Å². The molecule has 0 radical (unpaired) electrons. The SMILES string of the molecule is Cl.NCCC(=O)ONC(=O)Cc1ccc(CCCCc2ccccc2)cc1. The van der Waals surface area contributed by atoms with Crippen molar-refractivity contribution in [3.8, 4) is 0 Å². The first-order chi connectivity index (χ1) is 12.7. The van der Waals surface area contributed by atoms with E-state index in [1.54, 1.807) is 0 Å². The Balaban J connectivity index is 0.00000364. The van der Waals surface area contributed by atoms with Crippen LogP contribution < -0.4 is 11.2 Å². The molecule has 0 saturated heterocycles. The minimum Gasteiger partial charge on any atom is -0.341 e. The first-order valence-electron chi connectivity index (χ1n) is 8.97. The predicted molar refractivity (Wildman–Crippen MR) is 108 cm³/mol. The van der Waals surface area contributed by atoms with Crippen LogP contribution in [0.3, 0.4) is 0 Å². The van der Waals surface area contributed by atoms with Gasteiger partial charge in [0.2, 0.25) is 0 Å². The Morgan fingerprint density at radius 1 is 0.852 bits per heavy atom. The monoisotopic (exact) mass is 390 g/mol. The minimum absolute atomic E-state index is 0. The average molecular weight is 391 g/mol. The van der Waals surface area contributed by atoms with Crippen LogP contribution in [0.2, 0.25) is 0 Å². The van der Waals surface area contributed by atoms with E-state index in [0.717, 1.165) is 31.2 Å². The van der Waals surface area contributed by atoms with E-state index in [1.165, 1.54) is 11.1 Å². The molecule has 0 aromatic heterocycles. The molecule has 0 saturated carbocycles. The maximum Gasteiger partial charge on any atom is 0.333 e. The molecule has 0 atom stereocenters. The van der Waals surface area contributed by atoms with E-state index in [4.69, 9.17) is 5.73 Å². The van der Waals surface area contributed by atoms with E-state index in [1.807, 2.05) is 30.3 Å². The highest BCUT2D eigenvalue weighted by Gasteiger charge is 2.07. The summed E-state index contributed by atoms with van der Waals surface area (Å²) in [6.45, 7) is 0.196. The lowest BCUT2D eigenvalue weighted by molar-refractivity contribution is -0.157. The van der Waals surface area contributed by atoms with E-state index in [-0.39, 0.29) is 37.7 Å². The van der Waals surface area contributed by atoms with Crippen molar-refractivity contribution in [1.82, 2.24) is 5.48 Å². The standard InChI is InChI=1S/C21H26N2O3.ClH/c22-15-14-21(25)26-23-20(24)16-19-12-10-18(11-13-19)9-5-4-8-17-6-2-1-3-7-17;/h1-3,6-7,10-13H,4-5,8-9,14-16,22H2,(H,23,24);1H. The van der Waals surface area contributed by atoms with Gasteiger partial charge >= 0.3 is 5.97 Å². The summed E-state index contributed by atoms with van der Waals surface area (Å²) >= 11 is 0. The van der Waals surface area contributed by atoms with Crippen LogP contribution in [0.5, 0.6) is 0 Å². The van der Waals surface area contributed by atoms with Gasteiger partial charge in [0.1, 0.15) is 0 Å². The van der Waals surface area contributed by atoms with Crippen molar-refractivity contribution in [2.75, 3.05) is 6.54 Å². The van der Waals surface area contributed by atoms with Gasteiger partial charge in [-0.05, 0) is 42.4 Å². The van der Waals surface area contributed by atoms with Crippen molar-refractivity contribution >= 4 is 24.3 Å². The van der Waals surface area contributed by atoms with Gasteiger partial charge in [0.25, 0.3) is 5.91 Å². The Bertz CT molecular complexity index is 690. The van der Waals surface area contributed by atoms with Crippen molar-refractivity contribution in [3.05, 3.63) is 71.3 Å². The van der Waals surface area contributed by atoms with E-state index >= 15 is 0 Å². The molecule has 2 aromatic carbocycles. The molecule has 1 amide bonds. The average Bonchev–Trinajstić information content (AvgIpc) is 2.66. The zero-order valence-corrected chi connectivity index (χ0v) is 16.2. The molecule has 27 heavy (non-hydrogen) atoms. The maximum absolute atomic E-state index is 11.7. The van der Waals surface area contributed by atoms with Gasteiger partial charge in [0, 0.05) is 6.54 Å². The Kier molecular flexibility index (Phi) is 10.8. The van der Waals surface area contributed by atoms with Gasteiger partial charge in [0.15, 0.2) is 0 Å². The summed E-state index contributed by atoms with van der Waals surface area (Å²) in [5.41, 5.74) is 10.9. The lowest BCUT2D eigenvalue weighted by Gasteiger charge is -2.06. The van der Waals surface area contributed by atoms with Crippen LogP contribution in [-0.2, 0) is 33.7 Å². The molecule has 0 aliphatic rings. The summed E-state index contributed by atoms with van der Waals surface area (Å²) in [7, 11) is 0. The Morgan fingerprint density at radius 2 is 1.41 bits per heavy atom. The number of aryl methyl sites for hydroxylation is 2. The van der Waals surface area contributed by atoms with Gasteiger partial charge in [-0.2, -0.15) is 5.48 Å². The summed E-state index contributed by atoms with van der Waals surface area (Å²) in [5.74, 6) is -0.891. The van der Waals surface area contributed by atoms with Gasteiger partial charge in [-0.25, -0.2) is 4.79 Å². The van der Waals surface area contributed by atoms with E-state index in [2.05, 4.69) is 34.6 Å². The summed E-state index contributed by atoms with van der Waals surface area (Å²) in [6.07, 6.45) is 4.66. The lowest BCUT2D eigenvalue weighted by atomic mass is 10.0. The second kappa shape index (κ2) is 12.9. The highest BCUT2D eigenvalue weighted by Crippen LogP contribution is 2.11. The van der Waals surface area contributed by atoms with E-state index < -0.39 is 5.97 Å². The molecular formula is C21H27ClN2O3. The fourth-order valence-corrected chi connectivity index (χ4v) is 2.63. The highest BCUT2D eigenvalue weighted by atomic mass is 35.5. The molecule has 146 valence electrons. The summed E-state index contributed by atoms with van der Waals surface area (Å²) < 4.78 is 0. The van der Waals surface area contributed by atoms with Crippen LogP contribution in [0.4, 0.5) is 0 Å². The third-order valence-corrected chi connectivity index (χ3v) is 4.04. The number of halogens is 1. The van der Waals surface area contributed by atoms with E-state index in [0.29, 0.717) is 0 Å². The molecule has 0 spiro atoms. The van der Waals surface area contributed by atoms with Gasteiger partial charge in [0.05, 0.1) is 12.8 Å². The molecule has 2 rings (SSSR count). The third-order valence-electron chi connectivity index (χ3n) is 4.04. The molecule has 6 heteroatoms. The Hall–Kier alpha value is -2.37. The number of nitrogens with two attached hydrogens (primary N) is 1. The number of unbranched alkanes of at least 4 members (excludes halogenated alkanes) is 1. The van der Waals surface area contributed by atoms with Crippen molar-refractivity contribution in [3.63, 3.8) is 0 Å². The number of nitrogens with one attached hydrogen (secondary N) is 1. The fraction of sp³-hybridized carbons (Fsp3) is 0.333. The number of amides is 1. The number of carbonyl (C=O) groups excluding carboxylic acids is 2. The Morgan fingerprint density at radius 3 is 2.00 bits per heavy atom. The number of hydrogen-bond donors (Lipinski definition) is 2. The van der Waals surface area contributed by atoms with E-state index in [9.17, 15) is 9.59 Å². The third kappa shape index (κ3) is 9.22. The predicted octanol–water partition coefficient (Wildman–Crippen LogP) is 3.14. The number of carbonyl (C=O) groups is 2. The molecule has 0 heterocycles. The molecule has 5 nitrogen and oxygen atoms in total. The van der Waals surface area contributed by atoms with Crippen LogP contribution in [0.1, 0.15) is 36.0 Å². The number of rotatable bonds is 9. The summed E-state index contributed by atoms with van der Waals surface area (Å²) in [6, 6.07) is 18.5. The van der Waals surface area contributed by atoms with Crippen molar-refractivity contribution in [2.45, 2.75) is 38.5 Å². The smallest absolute Gasteiger partial charge is 0.333 e. The van der Waals surface area contributed by atoms with Crippen molar-refractivity contribution in [2.24, 2.45) is 5.73 Å². The summed E-state index contributed by atoms with van der Waals surface area (Å²) in [5, 5.41) is 0. The molecule has 2 aromatic rings. The fourth-order valence-electron chi connectivity index (χ4n) is 2.63. The van der Waals surface area contributed by atoms with Gasteiger partial charge in [-0.1, -0.05) is 54.6 Å². The second-order valence-corrected chi connectivity index (χ2v) is 6.22. The topological polar surface area (TPSA) is 81.4 Å². The highest BCUT2D eigenvalue weighted by molar-refractivity contribution is 5.85. The zero-order chi connectivity index (χ0) is 18.6.